The van der Waals surface area contributed by atoms with E-state index < -0.39 is 0 Å². The summed E-state index contributed by atoms with van der Waals surface area (Å²) in [6, 6.07) is 8.87. The van der Waals surface area contributed by atoms with Gasteiger partial charge in [-0.1, -0.05) is 72.6 Å². The molecule has 0 saturated heterocycles. The molecule has 0 radical (unpaired) electrons. The number of aromatic nitrogens is 1. The van der Waals surface area contributed by atoms with Gasteiger partial charge in [-0.05, 0) is 29.9 Å². The molecule has 0 N–H and O–H groups in total. The van der Waals surface area contributed by atoms with Crippen LogP contribution in [0.25, 0.3) is 10.9 Å². The summed E-state index contributed by atoms with van der Waals surface area (Å²) >= 11 is 0. The summed E-state index contributed by atoms with van der Waals surface area (Å²) in [6.45, 7) is 14.0. The Bertz CT molecular complexity index is 1070. The van der Waals surface area contributed by atoms with Crippen LogP contribution in [-0.2, 0) is 7.05 Å². The average Bonchev–Trinajstić information content (AvgIpc) is 3.26. The van der Waals surface area contributed by atoms with Crippen LogP contribution in [0.4, 0.5) is 0 Å². The molecule has 5 rings (SSSR count). The van der Waals surface area contributed by atoms with Gasteiger partial charge in [-0.25, -0.2) is 0 Å². The monoisotopic (exact) mass is 403 g/mol. The maximum Gasteiger partial charge on any atom is 0.0982 e. The number of fused-ring (bicyclic) bond motifs is 1. The zero-order chi connectivity index (χ0) is 21.5. The van der Waals surface area contributed by atoms with Crippen molar-refractivity contribution in [2.24, 2.45) is 27.9 Å². The van der Waals surface area contributed by atoms with Gasteiger partial charge in [0.25, 0.3) is 0 Å². The molecule has 1 fully saturated rings. The quantitative estimate of drug-likeness (QED) is 0.507. The lowest BCUT2D eigenvalue weighted by molar-refractivity contribution is 0.183. The van der Waals surface area contributed by atoms with E-state index >= 15 is 0 Å². The molecule has 0 spiro atoms. The number of nitrogens with zero attached hydrogens (tertiary/aromatic N) is 3. The predicted octanol–water partition coefficient (Wildman–Crippen LogP) is 6.71. The third kappa shape index (κ3) is 2.56. The van der Waals surface area contributed by atoms with E-state index in [1.54, 1.807) is 0 Å². The normalized spacial score (nSPS) is 31.5. The highest BCUT2D eigenvalue weighted by Crippen LogP contribution is 2.63. The summed E-state index contributed by atoms with van der Waals surface area (Å²) in [4.78, 5) is 11.4. The van der Waals surface area contributed by atoms with Crippen LogP contribution in [-0.4, -0.2) is 27.1 Å². The summed E-state index contributed by atoms with van der Waals surface area (Å²) in [5, 5.41) is 1.37. The van der Waals surface area contributed by atoms with Crippen molar-refractivity contribution in [3.63, 3.8) is 0 Å². The third-order valence-corrected chi connectivity index (χ3v) is 7.96. The second-order valence-corrected chi connectivity index (χ2v) is 12.0. The minimum atomic E-state index is -0.111. The van der Waals surface area contributed by atoms with Gasteiger partial charge in [0.15, 0.2) is 0 Å². The number of aliphatic imine (C=N–C) groups is 2. The molecule has 0 unspecified atom stereocenters. The van der Waals surface area contributed by atoms with Crippen molar-refractivity contribution in [1.82, 2.24) is 4.57 Å². The van der Waals surface area contributed by atoms with Crippen LogP contribution >= 0.6 is 0 Å². The first kappa shape index (κ1) is 20.0. The summed E-state index contributed by atoms with van der Waals surface area (Å²) in [7, 11) is 2.18. The summed E-state index contributed by atoms with van der Waals surface area (Å²) in [5.41, 5.74) is 5.48. The Morgan fingerprint density at radius 3 is 2.33 bits per heavy atom. The lowest BCUT2D eigenvalue weighted by atomic mass is 9.60. The number of rotatable bonds is 1. The molecule has 3 aliphatic rings. The van der Waals surface area contributed by atoms with E-state index in [1.807, 2.05) is 0 Å². The van der Waals surface area contributed by atoms with E-state index in [-0.39, 0.29) is 27.8 Å². The van der Waals surface area contributed by atoms with Crippen LogP contribution < -0.4 is 0 Å². The Labute approximate surface area is 181 Å². The molecule has 160 valence electrons. The lowest BCUT2D eigenvalue weighted by Gasteiger charge is -2.45. The minimum absolute atomic E-state index is 0.0354. The maximum absolute atomic E-state index is 5.70. The molecule has 0 bridgehead atoms. The number of hydrogen-bond acceptors (Lipinski definition) is 2. The highest BCUT2D eigenvalue weighted by atomic mass is 15.1. The zero-order valence-corrected chi connectivity index (χ0v) is 19.8. The van der Waals surface area contributed by atoms with E-state index in [0.717, 1.165) is 12.8 Å². The lowest BCUT2D eigenvalue weighted by Crippen LogP contribution is -2.51. The molecular weight excluding hydrogens is 366 g/mol. The van der Waals surface area contributed by atoms with Crippen molar-refractivity contribution in [2.45, 2.75) is 90.6 Å². The molecule has 1 aromatic heterocycles. The first-order valence-electron chi connectivity index (χ1n) is 11.7. The minimum Gasteiger partial charge on any atom is -0.350 e. The van der Waals surface area contributed by atoms with Gasteiger partial charge >= 0.3 is 0 Å². The molecule has 1 aliphatic carbocycles. The predicted molar refractivity (Wildman–Crippen MR) is 128 cm³/mol. The topological polar surface area (TPSA) is 29.6 Å². The Hall–Kier alpha value is -1.90. The molecule has 30 heavy (non-hydrogen) atoms. The number of benzene rings is 1. The number of hydrogen-bond donors (Lipinski definition) is 0. The molecule has 3 nitrogen and oxygen atoms in total. The Kier molecular flexibility index (Phi) is 4.06. The van der Waals surface area contributed by atoms with Gasteiger partial charge in [-0.15, -0.1) is 0 Å². The van der Waals surface area contributed by atoms with Crippen LogP contribution in [0.15, 0.2) is 40.4 Å². The Morgan fingerprint density at radius 1 is 0.933 bits per heavy atom. The molecule has 2 aliphatic heterocycles. The van der Waals surface area contributed by atoms with Gasteiger partial charge in [-0.3, -0.25) is 9.98 Å². The average molecular weight is 404 g/mol. The second-order valence-electron chi connectivity index (χ2n) is 12.0. The molecule has 1 saturated carbocycles. The molecule has 1 aromatic carbocycles. The van der Waals surface area contributed by atoms with Crippen molar-refractivity contribution in [3.8, 4) is 0 Å². The van der Waals surface area contributed by atoms with E-state index in [9.17, 15) is 0 Å². The van der Waals surface area contributed by atoms with Gasteiger partial charge in [-0.2, -0.15) is 0 Å². The molecular formula is C27H37N3. The summed E-state index contributed by atoms with van der Waals surface area (Å²) in [5.74, 6) is 0.267. The molecule has 3 atom stereocenters. The highest BCUT2D eigenvalue weighted by molar-refractivity contribution is 6.05. The first-order valence-corrected chi connectivity index (χ1v) is 11.7. The SMILES string of the molecule is Cn1cc([C@H]2C(C(C)(C)C)=N[C@@]34CCCC[C@@]23N=C(C(C)(C)C)C4)c2ccccc21. The Morgan fingerprint density at radius 2 is 1.63 bits per heavy atom. The van der Waals surface area contributed by atoms with Gasteiger partial charge in [0.05, 0.1) is 17.0 Å². The van der Waals surface area contributed by atoms with Crippen molar-refractivity contribution < 1.29 is 0 Å². The molecule has 3 heteroatoms. The van der Waals surface area contributed by atoms with E-state index in [0.29, 0.717) is 0 Å². The molecule has 3 heterocycles. The second kappa shape index (κ2) is 6.08. The summed E-state index contributed by atoms with van der Waals surface area (Å²) in [6.07, 6.45) is 8.28. The molecule has 2 aromatic rings. The van der Waals surface area contributed by atoms with Crippen LogP contribution in [0.3, 0.4) is 0 Å². The fraction of sp³-hybridized carbons (Fsp3) is 0.630. The van der Waals surface area contributed by atoms with Crippen LogP contribution in [0, 0.1) is 10.8 Å². The van der Waals surface area contributed by atoms with Gasteiger partial charge in [0.1, 0.15) is 0 Å². The maximum atomic E-state index is 5.70. The first-order chi connectivity index (χ1) is 14.0. The van der Waals surface area contributed by atoms with Crippen LogP contribution in [0.1, 0.15) is 85.1 Å². The van der Waals surface area contributed by atoms with Gasteiger partial charge in [0.2, 0.25) is 0 Å². The summed E-state index contributed by atoms with van der Waals surface area (Å²) < 4.78 is 2.30. The number of aryl methyl sites for hydroxylation is 1. The smallest absolute Gasteiger partial charge is 0.0982 e. The Balaban J connectivity index is 1.80. The van der Waals surface area contributed by atoms with Crippen LogP contribution in [0.5, 0.6) is 0 Å². The van der Waals surface area contributed by atoms with Gasteiger partial charge < -0.3 is 4.57 Å². The van der Waals surface area contributed by atoms with E-state index in [1.165, 1.54) is 47.2 Å². The molecule has 0 amide bonds. The van der Waals surface area contributed by atoms with Crippen molar-refractivity contribution in [1.29, 1.82) is 0 Å². The van der Waals surface area contributed by atoms with Crippen molar-refractivity contribution >= 4 is 22.3 Å². The van der Waals surface area contributed by atoms with Gasteiger partial charge in [0, 0.05) is 47.4 Å². The fourth-order valence-corrected chi connectivity index (χ4v) is 6.45. The van der Waals surface area contributed by atoms with Crippen molar-refractivity contribution in [2.75, 3.05) is 0 Å². The largest absolute Gasteiger partial charge is 0.350 e. The number of para-hydroxylation sites is 1. The third-order valence-electron chi connectivity index (χ3n) is 7.96. The van der Waals surface area contributed by atoms with E-state index in [2.05, 4.69) is 83.6 Å². The zero-order valence-electron chi connectivity index (χ0n) is 19.8. The fourth-order valence-electron chi connectivity index (χ4n) is 6.45. The van der Waals surface area contributed by atoms with Crippen LogP contribution in [0.2, 0.25) is 0 Å². The highest BCUT2D eigenvalue weighted by Gasteiger charge is 2.67. The van der Waals surface area contributed by atoms with E-state index in [4.69, 9.17) is 9.98 Å². The van der Waals surface area contributed by atoms with Crippen molar-refractivity contribution in [3.05, 3.63) is 36.0 Å². The standard InChI is InChI=1S/C27H37N3/c1-24(2,3)21-16-26-14-10-11-15-27(26,28-21)22(23(29-26)25(4,5)6)19-17-30(7)20-13-9-8-12-18(19)20/h8-9,12-13,17,22H,10-11,14-16H2,1-7H3/t22-,26+,27+/m0/s1.